The number of hydrogen-bond acceptors (Lipinski definition) is 4. The average molecular weight is 576 g/mol. The van der Waals surface area contributed by atoms with E-state index < -0.39 is 0 Å². The number of benzene rings is 1. The maximum Gasteiger partial charge on any atom is 0.234 e. The van der Waals surface area contributed by atoms with Crippen LogP contribution >= 0.6 is 35.6 Å². The molecule has 0 aromatic heterocycles. The summed E-state index contributed by atoms with van der Waals surface area (Å²) >= 11 is 6.59. The zero-order chi connectivity index (χ0) is 21.7. The van der Waals surface area contributed by atoms with Gasteiger partial charge in [-0.25, -0.2) is 0 Å². The second-order valence-corrected chi connectivity index (χ2v) is 9.29. The third kappa shape index (κ3) is 6.48. The fraction of sp³-hybridized carbons (Fsp3) is 0.652. The molecule has 178 valence electrons. The lowest BCUT2D eigenvalue weighted by molar-refractivity contribution is -0.122. The predicted molar refractivity (Wildman–Crippen MR) is 139 cm³/mol. The van der Waals surface area contributed by atoms with Gasteiger partial charge in [0.1, 0.15) is 0 Å². The quantitative estimate of drug-likeness (QED) is 0.310. The molecule has 1 aliphatic carbocycles. The van der Waals surface area contributed by atoms with E-state index >= 15 is 0 Å². The molecule has 1 amide bonds. The lowest BCUT2D eigenvalue weighted by atomic mass is 9.74. The molecule has 3 aliphatic rings. The highest BCUT2D eigenvalue weighted by Crippen LogP contribution is 2.38. The molecular formula is C23H35ClIN5O2. The summed E-state index contributed by atoms with van der Waals surface area (Å²) in [6, 6.07) is 8.58. The number of halogens is 2. The van der Waals surface area contributed by atoms with Crippen molar-refractivity contribution >= 4 is 47.4 Å². The maximum atomic E-state index is 12.1. The maximum absolute atomic E-state index is 12.1. The van der Waals surface area contributed by atoms with Gasteiger partial charge in [0.2, 0.25) is 5.91 Å². The lowest BCUT2D eigenvalue weighted by Crippen LogP contribution is -2.56. The number of hydrogen-bond donors (Lipinski definition) is 2. The molecule has 32 heavy (non-hydrogen) atoms. The largest absolute Gasteiger partial charge is 0.381 e. The van der Waals surface area contributed by atoms with Gasteiger partial charge >= 0.3 is 0 Å². The van der Waals surface area contributed by atoms with Gasteiger partial charge in [0.25, 0.3) is 0 Å². The fourth-order valence-electron chi connectivity index (χ4n) is 4.60. The number of ether oxygens (including phenoxy) is 1. The van der Waals surface area contributed by atoms with Gasteiger partial charge in [-0.15, -0.1) is 24.0 Å². The van der Waals surface area contributed by atoms with Crippen LogP contribution in [0.1, 0.15) is 31.2 Å². The molecule has 1 aromatic rings. The molecule has 2 N–H and O–H groups in total. The zero-order valence-electron chi connectivity index (χ0n) is 18.8. The molecular weight excluding hydrogens is 541 g/mol. The summed E-state index contributed by atoms with van der Waals surface area (Å²) in [5.74, 6) is 1.07. The van der Waals surface area contributed by atoms with E-state index in [1.54, 1.807) is 0 Å². The number of rotatable bonds is 6. The van der Waals surface area contributed by atoms with Crippen LogP contribution in [0, 0.1) is 0 Å². The Kier molecular flexibility index (Phi) is 9.45. The molecule has 0 bridgehead atoms. The lowest BCUT2D eigenvalue weighted by Gasteiger charge is -2.41. The van der Waals surface area contributed by atoms with E-state index in [4.69, 9.17) is 16.3 Å². The van der Waals surface area contributed by atoms with Crippen LogP contribution in [-0.2, 0) is 14.9 Å². The number of guanidine groups is 1. The summed E-state index contributed by atoms with van der Waals surface area (Å²) in [6.45, 7) is 6.20. The van der Waals surface area contributed by atoms with Crippen LogP contribution in [0.5, 0.6) is 0 Å². The molecule has 9 heteroatoms. The number of aliphatic imine (C=N–C) groups is 1. The van der Waals surface area contributed by atoms with Crippen molar-refractivity contribution in [1.29, 1.82) is 0 Å². The first-order valence-corrected chi connectivity index (χ1v) is 11.8. The number of carbonyl (C=O) groups excluding carboxylic acids is 1. The average Bonchev–Trinajstić information content (AvgIpc) is 3.60. The third-order valence-electron chi connectivity index (χ3n) is 6.67. The van der Waals surface area contributed by atoms with Gasteiger partial charge in [-0.1, -0.05) is 29.8 Å². The molecule has 3 fully saturated rings. The Hall–Kier alpha value is -1.10. The van der Waals surface area contributed by atoms with Crippen LogP contribution in [0.4, 0.5) is 0 Å². The van der Waals surface area contributed by atoms with Crippen molar-refractivity contribution in [3.05, 3.63) is 34.9 Å². The van der Waals surface area contributed by atoms with Crippen LogP contribution < -0.4 is 10.6 Å². The third-order valence-corrected chi connectivity index (χ3v) is 7.00. The van der Waals surface area contributed by atoms with E-state index in [1.165, 1.54) is 5.56 Å². The molecule has 0 atom stereocenters. The monoisotopic (exact) mass is 575 g/mol. The van der Waals surface area contributed by atoms with E-state index in [2.05, 4.69) is 37.6 Å². The van der Waals surface area contributed by atoms with E-state index in [-0.39, 0.29) is 35.3 Å². The first kappa shape index (κ1) is 25.5. The number of piperazine rings is 1. The highest BCUT2D eigenvalue weighted by Gasteiger charge is 2.36. The minimum atomic E-state index is -0.0603. The predicted octanol–water partition coefficient (Wildman–Crippen LogP) is 2.48. The van der Waals surface area contributed by atoms with E-state index in [1.807, 2.05) is 19.2 Å². The number of nitrogens with zero attached hydrogens (tertiary/aromatic N) is 3. The Labute approximate surface area is 213 Å². The van der Waals surface area contributed by atoms with Crippen molar-refractivity contribution in [1.82, 2.24) is 20.4 Å². The minimum Gasteiger partial charge on any atom is -0.381 e. The molecule has 0 unspecified atom stereocenters. The summed E-state index contributed by atoms with van der Waals surface area (Å²) in [6.07, 6.45) is 4.13. The molecule has 7 nitrogen and oxygen atoms in total. The summed E-state index contributed by atoms with van der Waals surface area (Å²) in [5.41, 5.74) is 1.13. The SMILES string of the molecule is CN=C(NCC1(c2ccccc2Cl)CCOCC1)N1CCN(CC(=O)NC2CC2)CC1.I. The molecule has 2 heterocycles. The van der Waals surface area contributed by atoms with Gasteiger partial charge in [-0.2, -0.15) is 0 Å². The highest BCUT2D eigenvalue weighted by molar-refractivity contribution is 14.0. The van der Waals surface area contributed by atoms with Gasteiger partial charge in [-0.05, 0) is 37.3 Å². The first-order valence-electron chi connectivity index (χ1n) is 11.4. The summed E-state index contributed by atoms with van der Waals surface area (Å²) in [5, 5.41) is 7.52. The van der Waals surface area contributed by atoms with Crippen molar-refractivity contribution < 1.29 is 9.53 Å². The van der Waals surface area contributed by atoms with Crippen LogP contribution in [0.15, 0.2) is 29.3 Å². The summed E-state index contributed by atoms with van der Waals surface area (Å²) < 4.78 is 5.66. The van der Waals surface area contributed by atoms with E-state index in [0.29, 0.717) is 12.6 Å². The molecule has 0 spiro atoms. The molecule has 1 aromatic carbocycles. The smallest absolute Gasteiger partial charge is 0.234 e. The molecule has 2 saturated heterocycles. The van der Waals surface area contributed by atoms with Gasteiger partial charge in [0, 0.05) is 69.5 Å². The minimum absolute atomic E-state index is 0. The van der Waals surface area contributed by atoms with Gasteiger partial charge in [0.15, 0.2) is 5.96 Å². The Morgan fingerprint density at radius 1 is 1.19 bits per heavy atom. The van der Waals surface area contributed by atoms with Crippen LogP contribution in [0.3, 0.4) is 0 Å². The Balaban J connectivity index is 0.00000289. The molecule has 4 rings (SSSR count). The number of amides is 1. The van der Waals surface area contributed by atoms with Crippen LogP contribution in [-0.4, -0.2) is 87.2 Å². The van der Waals surface area contributed by atoms with Crippen LogP contribution in [0.25, 0.3) is 0 Å². The van der Waals surface area contributed by atoms with Crippen molar-refractivity contribution in [2.45, 2.75) is 37.1 Å². The van der Waals surface area contributed by atoms with Crippen molar-refractivity contribution in [2.75, 3.05) is 59.5 Å². The number of nitrogens with one attached hydrogen (secondary N) is 2. The van der Waals surface area contributed by atoms with Gasteiger partial charge in [0.05, 0.1) is 6.54 Å². The van der Waals surface area contributed by atoms with E-state index in [9.17, 15) is 4.79 Å². The van der Waals surface area contributed by atoms with Crippen molar-refractivity contribution in [3.63, 3.8) is 0 Å². The second kappa shape index (κ2) is 11.9. The number of carbonyl (C=O) groups is 1. The molecule has 2 aliphatic heterocycles. The van der Waals surface area contributed by atoms with Crippen LogP contribution in [0.2, 0.25) is 5.02 Å². The first-order chi connectivity index (χ1) is 15.1. The van der Waals surface area contributed by atoms with Gasteiger partial charge < -0.3 is 20.3 Å². The molecule has 1 saturated carbocycles. The Bertz CT molecular complexity index is 790. The second-order valence-electron chi connectivity index (χ2n) is 8.88. The zero-order valence-corrected chi connectivity index (χ0v) is 21.9. The Morgan fingerprint density at radius 2 is 1.88 bits per heavy atom. The fourth-order valence-corrected chi connectivity index (χ4v) is 4.93. The highest BCUT2D eigenvalue weighted by atomic mass is 127. The van der Waals surface area contributed by atoms with E-state index in [0.717, 1.165) is 82.6 Å². The van der Waals surface area contributed by atoms with Gasteiger partial charge in [-0.3, -0.25) is 14.7 Å². The van der Waals surface area contributed by atoms with Crippen molar-refractivity contribution in [2.24, 2.45) is 4.99 Å². The summed E-state index contributed by atoms with van der Waals surface area (Å²) in [4.78, 5) is 21.1. The van der Waals surface area contributed by atoms with Crippen molar-refractivity contribution in [3.8, 4) is 0 Å². The topological polar surface area (TPSA) is 69.2 Å². The normalized spacial score (nSPS) is 21.6. The standard InChI is InChI=1S/C23H34ClN5O2.HI/c1-25-22(29-12-10-28(11-13-29)16-21(30)27-18-6-7-18)26-17-23(8-14-31-15-9-23)19-4-2-3-5-20(19)24;/h2-5,18H,6-17H2,1H3,(H,25,26)(H,27,30);1H. The molecule has 0 radical (unpaired) electrons. The summed E-state index contributed by atoms with van der Waals surface area (Å²) in [7, 11) is 1.84. The Morgan fingerprint density at radius 3 is 2.50 bits per heavy atom.